The van der Waals surface area contributed by atoms with Crippen LogP contribution in [-0.2, 0) is 24.8 Å². The second-order valence-corrected chi connectivity index (χ2v) is 4.35. The van der Waals surface area contributed by atoms with Crippen LogP contribution in [0.5, 0.6) is 0 Å². The minimum atomic E-state index is 0.0237. The van der Waals surface area contributed by atoms with Gasteiger partial charge >= 0.3 is 0 Å². The van der Waals surface area contributed by atoms with Crippen molar-refractivity contribution < 1.29 is 4.79 Å². The minimum Gasteiger partial charge on any atom is -0.379 e. The molecular formula is C14H18N4O. The average molecular weight is 258 g/mol. The molecule has 0 saturated carbocycles. The Balaban J connectivity index is 1.92. The van der Waals surface area contributed by atoms with Crippen LogP contribution in [-0.4, -0.2) is 22.7 Å². The van der Waals surface area contributed by atoms with Crippen molar-refractivity contribution in [1.29, 1.82) is 0 Å². The summed E-state index contributed by atoms with van der Waals surface area (Å²) in [6.07, 6.45) is 2.20. The van der Waals surface area contributed by atoms with Gasteiger partial charge < -0.3 is 10.6 Å². The SMILES string of the molecule is CNC(=O)Cc1ccc(NCc2ccnn2C)cc1. The van der Waals surface area contributed by atoms with Crippen molar-refractivity contribution in [3.05, 3.63) is 47.8 Å². The Bertz CT molecular complexity index is 545. The van der Waals surface area contributed by atoms with E-state index >= 15 is 0 Å². The van der Waals surface area contributed by atoms with E-state index in [-0.39, 0.29) is 5.91 Å². The number of hydrogen-bond donors (Lipinski definition) is 2. The van der Waals surface area contributed by atoms with Crippen molar-refractivity contribution in [3.8, 4) is 0 Å². The van der Waals surface area contributed by atoms with Gasteiger partial charge in [0, 0.05) is 26.0 Å². The molecule has 2 rings (SSSR count). The fourth-order valence-electron chi connectivity index (χ4n) is 1.78. The Kier molecular flexibility index (Phi) is 4.18. The Morgan fingerprint density at radius 3 is 2.58 bits per heavy atom. The van der Waals surface area contributed by atoms with Gasteiger partial charge in [0.2, 0.25) is 5.91 Å². The number of anilines is 1. The monoisotopic (exact) mass is 258 g/mol. The van der Waals surface area contributed by atoms with E-state index in [1.165, 1.54) is 0 Å². The zero-order valence-corrected chi connectivity index (χ0v) is 11.2. The molecule has 0 bridgehead atoms. The predicted molar refractivity (Wildman–Crippen MR) is 74.7 cm³/mol. The van der Waals surface area contributed by atoms with Gasteiger partial charge in [0.15, 0.2) is 0 Å². The highest BCUT2D eigenvalue weighted by molar-refractivity contribution is 5.78. The second-order valence-electron chi connectivity index (χ2n) is 4.35. The van der Waals surface area contributed by atoms with E-state index in [1.54, 1.807) is 13.2 Å². The molecule has 0 atom stereocenters. The normalized spacial score (nSPS) is 10.2. The summed E-state index contributed by atoms with van der Waals surface area (Å²) in [5.74, 6) is 0.0237. The molecule has 2 N–H and O–H groups in total. The van der Waals surface area contributed by atoms with Gasteiger partial charge in [0.1, 0.15) is 0 Å². The molecule has 19 heavy (non-hydrogen) atoms. The van der Waals surface area contributed by atoms with Crippen molar-refractivity contribution in [2.45, 2.75) is 13.0 Å². The summed E-state index contributed by atoms with van der Waals surface area (Å²) in [5.41, 5.74) is 3.15. The third kappa shape index (κ3) is 3.58. The maximum Gasteiger partial charge on any atom is 0.224 e. The Morgan fingerprint density at radius 1 is 1.26 bits per heavy atom. The number of benzene rings is 1. The van der Waals surface area contributed by atoms with E-state index in [2.05, 4.69) is 15.7 Å². The van der Waals surface area contributed by atoms with Gasteiger partial charge in [0.25, 0.3) is 0 Å². The van der Waals surface area contributed by atoms with Crippen LogP contribution in [0.1, 0.15) is 11.3 Å². The molecule has 2 aromatic rings. The van der Waals surface area contributed by atoms with Crippen LogP contribution in [0, 0.1) is 0 Å². The summed E-state index contributed by atoms with van der Waals surface area (Å²) in [5, 5.41) is 10.1. The van der Waals surface area contributed by atoms with Crippen LogP contribution < -0.4 is 10.6 Å². The molecule has 0 aliphatic rings. The molecule has 5 nitrogen and oxygen atoms in total. The van der Waals surface area contributed by atoms with E-state index in [9.17, 15) is 4.79 Å². The Labute approximate surface area is 112 Å². The van der Waals surface area contributed by atoms with Crippen molar-refractivity contribution in [1.82, 2.24) is 15.1 Å². The van der Waals surface area contributed by atoms with Crippen molar-refractivity contribution in [2.75, 3.05) is 12.4 Å². The topological polar surface area (TPSA) is 59.0 Å². The van der Waals surface area contributed by atoms with E-state index in [0.717, 1.165) is 23.5 Å². The van der Waals surface area contributed by atoms with Crippen LogP contribution in [0.15, 0.2) is 36.5 Å². The van der Waals surface area contributed by atoms with E-state index in [1.807, 2.05) is 42.1 Å². The lowest BCUT2D eigenvalue weighted by atomic mass is 10.1. The standard InChI is InChI=1S/C14H18N4O/c1-15-14(19)9-11-3-5-12(6-4-11)16-10-13-7-8-17-18(13)2/h3-8,16H,9-10H2,1-2H3,(H,15,19). The fraction of sp³-hybridized carbons (Fsp3) is 0.286. The Morgan fingerprint density at radius 2 is 2.00 bits per heavy atom. The number of amides is 1. The van der Waals surface area contributed by atoms with Crippen LogP contribution in [0.4, 0.5) is 5.69 Å². The summed E-state index contributed by atoms with van der Waals surface area (Å²) in [6.45, 7) is 0.727. The number of nitrogens with one attached hydrogen (secondary N) is 2. The van der Waals surface area contributed by atoms with Crippen molar-refractivity contribution in [2.24, 2.45) is 7.05 Å². The number of likely N-dealkylation sites (N-methyl/N-ethyl adjacent to an activating group) is 1. The highest BCUT2D eigenvalue weighted by Gasteiger charge is 2.01. The van der Waals surface area contributed by atoms with Gasteiger partial charge in [-0.3, -0.25) is 9.48 Å². The quantitative estimate of drug-likeness (QED) is 0.850. The van der Waals surface area contributed by atoms with Crippen LogP contribution in [0.25, 0.3) is 0 Å². The van der Waals surface area contributed by atoms with Crippen molar-refractivity contribution >= 4 is 11.6 Å². The first-order valence-electron chi connectivity index (χ1n) is 6.19. The minimum absolute atomic E-state index is 0.0237. The third-order valence-electron chi connectivity index (χ3n) is 2.99. The van der Waals surface area contributed by atoms with Gasteiger partial charge in [-0.05, 0) is 23.8 Å². The van der Waals surface area contributed by atoms with Gasteiger partial charge in [-0.2, -0.15) is 5.10 Å². The first-order valence-corrected chi connectivity index (χ1v) is 6.19. The number of nitrogens with zero attached hydrogens (tertiary/aromatic N) is 2. The molecule has 0 fully saturated rings. The molecule has 0 unspecified atom stereocenters. The molecular weight excluding hydrogens is 240 g/mol. The Hall–Kier alpha value is -2.30. The summed E-state index contributed by atoms with van der Waals surface area (Å²) < 4.78 is 1.84. The van der Waals surface area contributed by atoms with Gasteiger partial charge in [-0.25, -0.2) is 0 Å². The smallest absolute Gasteiger partial charge is 0.224 e. The molecule has 5 heteroatoms. The first-order chi connectivity index (χ1) is 9.19. The highest BCUT2D eigenvalue weighted by Crippen LogP contribution is 2.11. The van der Waals surface area contributed by atoms with E-state index in [4.69, 9.17) is 0 Å². The second kappa shape index (κ2) is 6.04. The van der Waals surface area contributed by atoms with Gasteiger partial charge in [-0.15, -0.1) is 0 Å². The molecule has 100 valence electrons. The molecule has 0 radical (unpaired) electrons. The lowest BCUT2D eigenvalue weighted by molar-refractivity contribution is -0.119. The summed E-state index contributed by atoms with van der Waals surface area (Å²) >= 11 is 0. The molecule has 0 aliphatic carbocycles. The van der Waals surface area contributed by atoms with Gasteiger partial charge in [0.05, 0.1) is 18.7 Å². The predicted octanol–water partition coefficient (Wildman–Crippen LogP) is 1.32. The number of carbonyl (C=O) groups excluding carboxylic acids is 1. The zero-order chi connectivity index (χ0) is 13.7. The van der Waals surface area contributed by atoms with E-state index in [0.29, 0.717) is 6.42 Å². The maximum atomic E-state index is 11.2. The average Bonchev–Trinajstić information content (AvgIpc) is 2.83. The number of aromatic nitrogens is 2. The van der Waals surface area contributed by atoms with Crippen LogP contribution in [0.2, 0.25) is 0 Å². The summed E-state index contributed by atoms with van der Waals surface area (Å²) in [7, 11) is 3.57. The molecule has 0 saturated heterocycles. The van der Waals surface area contributed by atoms with Gasteiger partial charge in [-0.1, -0.05) is 12.1 Å². The number of aryl methyl sites for hydroxylation is 1. The molecule has 1 amide bonds. The summed E-state index contributed by atoms with van der Waals surface area (Å²) in [4.78, 5) is 11.2. The number of hydrogen-bond acceptors (Lipinski definition) is 3. The molecule has 1 heterocycles. The molecule has 0 spiro atoms. The van der Waals surface area contributed by atoms with Crippen molar-refractivity contribution in [3.63, 3.8) is 0 Å². The fourth-order valence-corrected chi connectivity index (χ4v) is 1.78. The third-order valence-corrected chi connectivity index (χ3v) is 2.99. The number of rotatable bonds is 5. The molecule has 1 aromatic carbocycles. The van der Waals surface area contributed by atoms with Crippen LogP contribution >= 0.6 is 0 Å². The first kappa shape index (κ1) is 13.1. The highest BCUT2D eigenvalue weighted by atomic mass is 16.1. The number of carbonyl (C=O) groups is 1. The van der Waals surface area contributed by atoms with Crippen LogP contribution in [0.3, 0.4) is 0 Å². The summed E-state index contributed by atoms with van der Waals surface area (Å²) in [6, 6.07) is 9.86. The largest absolute Gasteiger partial charge is 0.379 e. The van der Waals surface area contributed by atoms with E-state index < -0.39 is 0 Å². The maximum absolute atomic E-state index is 11.2. The zero-order valence-electron chi connectivity index (χ0n) is 11.2. The molecule has 0 aliphatic heterocycles. The lowest BCUT2D eigenvalue weighted by Crippen LogP contribution is -2.19. The lowest BCUT2D eigenvalue weighted by Gasteiger charge is -2.07. The molecule has 1 aromatic heterocycles.